The molecule has 0 bridgehead atoms. The van der Waals surface area contributed by atoms with Crippen LogP contribution in [0.4, 0.5) is 11.6 Å². The van der Waals surface area contributed by atoms with E-state index in [9.17, 15) is 0 Å². The minimum Gasteiger partial charge on any atom is -0.394 e. The molecule has 0 amide bonds. The van der Waals surface area contributed by atoms with Crippen molar-refractivity contribution in [2.75, 3.05) is 30.4 Å². The molecule has 5 nitrogen and oxygen atoms in total. The topological polar surface area (TPSA) is 61.3 Å². The lowest BCUT2D eigenvalue weighted by molar-refractivity contribution is 0.270. The molecule has 1 aromatic heterocycles. The van der Waals surface area contributed by atoms with Crippen LogP contribution in [0, 0.1) is 0 Å². The highest BCUT2D eigenvalue weighted by Crippen LogP contribution is 2.14. The molecular formula is C11H20N4O. The van der Waals surface area contributed by atoms with E-state index in [2.05, 4.69) is 22.2 Å². The minimum absolute atomic E-state index is 0.0499. The van der Waals surface area contributed by atoms with Gasteiger partial charge in [-0.05, 0) is 13.3 Å². The van der Waals surface area contributed by atoms with E-state index < -0.39 is 0 Å². The summed E-state index contributed by atoms with van der Waals surface area (Å²) in [6.45, 7) is 5.06. The number of nitrogens with one attached hydrogen (secondary N) is 1. The molecule has 0 aliphatic carbocycles. The van der Waals surface area contributed by atoms with Crippen LogP contribution in [0.1, 0.15) is 20.3 Å². The summed E-state index contributed by atoms with van der Waals surface area (Å²) in [6, 6.07) is 1.94. The van der Waals surface area contributed by atoms with Crippen LogP contribution in [0.3, 0.4) is 0 Å². The fraction of sp³-hybridized carbons (Fsp3) is 0.636. The van der Waals surface area contributed by atoms with E-state index in [1.807, 2.05) is 24.9 Å². The number of nitrogens with zero attached hydrogens (tertiary/aromatic N) is 3. The van der Waals surface area contributed by atoms with E-state index in [4.69, 9.17) is 5.11 Å². The summed E-state index contributed by atoms with van der Waals surface area (Å²) in [5.41, 5.74) is 0. The van der Waals surface area contributed by atoms with E-state index >= 15 is 0 Å². The van der Waals surface area contributed by atoms with Crippen molar-refractivity contribution in [3.05, 3.63) is 12.4 Å². The van der Waals surface area contributed by atoms with Crippen molar-refractivity contribution in [1.82, 2.24) is 9.97 Å². The normalized spacial score (nSPS) is 12.2. The van der Waals surface area contributed by atoms with Gasteiger partial charge in [0.05, 0.1) is 12.6 Å². The Bertz CT molecular complexity index is 319. The Morgan fingerprint density at radius 3 is 2.88 bits per heavy atom. The van der Waals surface area contributed by atoms with Gasteiger partial charge in [0.2, 0.25) is 0 Å². The largest absolute Gasteiger partial charge is 0.394 e. The predicted molar refractivity (Wildman–Crippen MR) is 65.8 cm³/mol. The van der Waals surface area contributed by atoms with Gasteiger partial charge in [0.1, 0.15) is 18.0 Å². The molecule has 1 heterocycles. The summed E-state index contributed by atoms with van der Waals surface area (Å²) in [5.74, 6) is 1.64. The fourth-order valence-corrected chi connectivity index (χ4v) is 1.24. The van der Waals surface area contributed by atoms with Gasteiger partial charge in [-0.15, -0.1) is 0 Å². The van der Waals surface area contributed by atoms with Gasteiger partial charge in [-0.1, -0.05) is 6.92 Å². The molecule has 0 saturated heterocycles. The number of rotatable bonds is 6. The minimum atomic E-state index is 0.0499. The third-order valence-electron chi connectivity index (χ3n) is 2.50. The van der Waals surface area contributed by atoms with Gasteiger partial charge in [-0.3, -0.25) is 0 Å². The molecule has 16 heavy (non-hydrogen) atoms. The Labute approximate surface area is 96.5 Å². The van der Waals surface area contributed by atoms with Gasteiger partial charge < -0.3 is 15.3 Å². The average molecular weight is 224 g/mol. The zero-order chi connectivity index (χ0) is 12.0. The molecule has 0 spiro atoms. The van der Waals surface area contributed by atoms with Crippen molar-refractivity contribution in [2.45, 2.75) is 26.3 Å². The van der Waals surface area contributed by atoms with Gasteiger partial charge in [0.25, 0.3) is 0 Å². The number of likely N-dealkylation sites (N-methyl/N-ethyl adjacent to an activating group) is 1. The van der Waals surface area contributed by atoms with Crippen molar-refractivity contribution in [3.63, 3.8) is 0 Å². The van der Waals surface area contributed by atoms with Gasteiger partial charge in [0, 0.05) is 19.7 Å². The number of aromatic nitrogens is 2. The maximum Gasteiger partial charge on any atom is 0.134 e. The molecular weight excluding hydrogens is 204 g/mol. The van der Waals surface area contributed by atoms with E-state index in [-0.39, 0.29) is 12.6 Å². The van der Waals surface area contributed by atoms with Gasteiger partial charge in [-0.25, -0.2) is 9.97 Å². The Balaban J connectivity index is 2.73. The summed E-state index contributed by atoms with van der Waals surface area (Å²) in [7, 11) is 1.91. The van der Waals surface area contributed by atoms with Crippen molar-refractivity contribution >= 4 is 11.6 Å². The second-order valence-electron chi connectivity index (χ2n) is 3.83. The van der Waals surface area contributed by atoms with E-state index in [0.29, 0.717) is 0 Å². The predicted octanol–water partition coefficient (Wildman–Crippen LogP) is 1.12. The van der Waals surface area contributed by atoms with E-state index in [1.54, 1.807) is 0 Å². The first-order valence-corrected chi connectivity index (χ1v) is 5.58. The first-order valence-electron chi connectivity index (χ1n) is 5.58. The number of aliphatic hydroxyl groups is 1. The van der Waals surface area contributed by atoms with Gasteiger partial charge >= 0.3 is 0 Å². The molecule has 0 saturated carbocycles. The lowest BCUT2D eigenvalue weighted by Gasteiger charge is -2.24. The Morgan fingerprint density at radius 1 is 1.50 bits per heavy atom. The Hall–Kier alpha value is -1.36. The van der Waals surface area contributed by atoms with Crippen LogP contribution < -0.4 is 10.2 Å². The standard InChI is InChI=1S/C11H20N4O/c1-4-5-12-10-6-11(14-8-13-10)15(3)9(2)7-16/h6,8-9,16H,4-5,7H2,1-3H3,(H,12,13,14). The SMILES string of the molecule is CCCNc1cc(N(C)C(C)CO)ncn1. The molecule has 1 aromatic rings. The maximum atomic E-state index is 9.08. The highest BCUT2D eigenvalue weighted by molar-refractivity contribution is 5.48. The van der Waals surface area contributed by atoms with E-state index in [1.165, 1.54) is 6.33 Å². The lowest BCUT2D eigenvalue weighted by atomic mass is 10.3. The molecule has 0 aliphatic rings. The van der Waals surface area contributed by atoms with Crippen LogP contribution in [0.2, 0.25) is 0 Å². The van der Waals surface area contributed by atoms with Gasteiger partial charge in [-0.2, -0.15) is 0 Å². The van der Waals surface area contributed by atoms with Crippen LogP contribution in [0.15, 0.2) is 12.4 Å². The van der Waals surface area contributed by atoms with Crippen LogP contribution in [-0.2, 0) is 0 Å². The zero-order valence-corrected chi connectivity index (χ0v) is 10.1. The molecule has 2 N–H and O–H groups in total. The third-order valence-corrected chi connectivity index (χ3v) is 2.50. The van der Waals surface area contributed by atoms with Crippen molar-refractivity contribution in [1.29, 1.82) is 0 Å². The first kappa shape index (κ1) is 12.7. The first-order chi connectivity index (χ1) is 7.69. The summed E-state index contributed by atoms with van der Waals surface area (Å²) < 4.78 is 0. The van der Waals surface area contributed by atoms with Crippen molar-refractivity contribution in [2.24, 2.45) is 0 Å². The number of aliphatic hydroxyl groups excluding tert-OH is 1. The fourth-order valence-electron chi connectivity index (χ4n) is 1.24. The number of anilines is 2. The Kier molecular flexibility index (Phi) is 4.98. The molecule has 1 atom stereocenters. The van der Waals surface area contributed by atoms with Crippen LogP contribution in [-0.4, -0.2) is 41.3 Å². The van der Waals surface area contributed by atoms with Gasteiger partial charge in [0.15, 0.2) is 0 Å². The second kappa shape index (κ2) is 6.27. The molecule has 5 heteroatoms. The molecule has 0 aromatic carbocycles. The van der Waals surface area contributed by atoms with Crippen LogP contribution in [0.25, 0.3) is 0 Å². The third kappa shape index (κ3) is 3.34. The van der Waals surface area contributed by atoms with Crippen LogP contribution in [0.5, 0.6) is 0 Å². The van der Waals surface area contributed by atoms with Crippen molar-refractivity contribution < 1.29 is 5.11 Å². The smallest absolute Gasteiger partial charge is 0.134 e. The quantitative estimate of drug-likeness (QED) is 0.758. The molecule has 0 aliphatic heterocycles. The number of hydrogen-bond acceptors (Lipinski definition) is 5. The van der Waals surface area contributed by atoms with Crippen molar-refractivity contribution in [3.8, 4) is 0 Å². The summed E-state index contributed by atoms with van der Waals surface area (Å²) in [5, 5.41) is 12.3. The molecule has 1 rings (SSSR count). The lowest BCUT2D eigenvalue weighted by Crippen LogP contribution is -2.32. The summed E-state index contributed by atoms with van der Waals surface area (Å²) >= 11 is 0. The molecule has 0 radical (unpaired) electrons. The highest BCUT2D eigenvalue weighted by atomic mass is 16.3. The maximum absolute atomic E-state index is 9.08. The molecule has 1 unspecified atom stereocenters. The molecule has 0 fully saturated rings. The van der Waals surface area contributed by atoms with E-state index in [0.717, 1.165) is 24.6 Å². The summed E-state index contributed by atoms with van der Waals surface area (Å²) in [4.78, 5) is 10.2. The average Bonchev–Trinajstić information content (AvgIpc) is 2.34. The number of hydrogen-bond donors (Lipinski definition) is 2. The zero-order valence-electron chi connectivity index (χ0n) is 10.1. The Morgan fingerprint density at radius 2 is 2.25 bits per heavy atom. The molecule has 90 valence electrons. The summed E-state index contributed by atoms with van der Waals surface area (Å²) in [6.07, 6.45) is 2.59. The second-order valence-corrected chi connectivity index (χ2v) is 3.83. The highest BCUT2D eigenvalue weighted by Gasteiger charge is 2.10. The van der Waals surface area contributed by atoms with Crippen LogP contribution >= 0.6 is 0 Å². The monoisotopic (exact) mass is 224 g/mol.